The summed E-state index contributed by atoms with van der Waals surface area (Å²) < 4.78 is 5.57. The van der Waals surface area contributed by atoms with Gasteiger partial charge in [0.15, 0.2) is 0 Å². The quantitative estimate of drug-likeness (QED) is 0.800. The van der Waals surface area contributed by atoms with Crippen molar-refractivity contribution >= 4 is 11.4 Å². The molecule has 0 spiro atoms. The molecule has 110 valence electrons. The van der Waals surface area contributed by atoms with Gasteiger partial charge in [0.2, 0.25) is 0 Å². The third-order valence-corrected chi connectivity index (χ3v) is 5.14. The van der Waals surface area contributed by atoms with E-state index in [2.05, 4.69) is 18.3 Å². The number of nitrogens with two attached hydrogens (primary N) is 1. The molecule has 0 heterocycles. The summed E-state index contributed by atoms with van der Waals surface area (Å²) in [6.45, 7) is 4.95. The Bertz CT molecular complexity index is 474. The minimum atomic E-state index is 0.531. The predicted octanol–water partition coefficient (Wildman–Crippen LogP) is 3.90. The molecule has 2 aliphatic rings. The third kappa shape index (κ3) is 2.58. The van der Waals surface area contributed by atoms with Crippen molar-refractivity contribution in [3.63, 3.8) is 0 Å². The number of benzene rings is 1. The van der Waals surface area contributed by atoms with Crippen LogP contribution in [0.15, 0.2) is 18.2 Å². The van der Waals surface area contributed by atoms with E-state index in [1.165, 1.54) is 25.7 Å². The van der Waals surface area contributed by atoms with Crippen LogP contribution in [0.25, 0.3) is 0 Å². The molecular formula is C17H26N2O. The highest BCUT2D eigenvalue weighted by Gasteiger charge is 2.41. The molecular weight excluding hydrogens is 248 g/mol. The smallest absolute Gasteiger partial charge is 0.144 e. The van der Waals surface area contributed by atoms with E-state index in [4.69, 9.17) is 10.5 Å². The molecule has 0 aliphatic heterocycles. The van der Waals surface area contributed by atoms with Crippen molar-refractivity contribution in [2.45, 2.75) is 45.6 Å². The summed E-state index contributed by atoms with van der Waals surface area (Å²) in [4.78, 5) is 0. The summed E-state index contributed by atoms with van der Waals surface area (Å²) in [5, 5.41) is 3.66. The lowest BCUT2D eigenvalue weighted by Crippen LogP contribution is -2.29. The van der Waals surface area contributed by atoms with Crippen molar-refractivity contribution in [3.8, 4) is 5.75 Å². The maximum absolute atomic E-state index is 5.93. The second-order valence-corrected chi connectivity index (χ2v) is 6.46. The second-order valence-electron chi connectivity index (χ2n) is 6.46. The fourth-order valence-corrected chi connectivity index (χ4v) is 4.18. The van der Waals surface area contributed by atoms with Gasteiger partial charge in [-0.05, 0) is 63.0 Å². The Morgan fingerprint density at radius 1 is 1.35 bits per heavy atom. The molecule has 0 aromatic heterocycles. The van der Waals surface area contributed by atoms with Crippen LogP contribution in [0, 0.1) is 17.8 Å². The average molecular weight is 274 g/mol. The van der Waals surface area contributed by atoms with Crippen LogP contribution in [0.1, 0.15) is 39.5 Å². The van der Waals surface area contributed by atoms with E-state index < -0.39 is 0 Å². The lowest BCUT2D eigenvalue weighted by Gasteiger charge is -2.29. The highest BCUT2D eigenvalue weighted by atomic mass is 16.5. The minimum Gasteiger partial charge on any atom is -0.492 e. The molecule has 0 saturated heterocycles. The SMILES string of the molecule is CCOc1cc(NC(C)C2CC3CCC2C3)ccc1N. The van der Waals surface area contributed by atoms with E-state index >= 15 is 0 Å². The summed E-state index contributed by atoms with van der Waals surface area (Å²) in [5.41, 5.74) is 7.76. The first-order valence-electron chi connectivity index (χ1n) is 7.96. The maximum Gasteiger partial charge on any atom is 0.144 e. The number of fused-ring (bicyclic) bond motifs is 2. The van der Waals surface area contributed by atoms with Gasteiger partial charge >= 0.3 is 0 Å². The number of nitrogen functional groups attached to an aromatic ring is 1. The molecule has 2 saturated carbocycles. The topological polar surface area (TPSA) is 47.3 Å². The molecule has 3 nitrogen and oxygen atoms in total. The molecule has 2 fully saturated rings. The highest BCUT2D eigenvalue weighted by Crippen LogP contribution is 2.49. The average Bonchev–Trinajstić information content (AvgIpc) is 3.05. The molecule has 1 aromatic rings. The summed E-state index contributed by atoms with van der Waals surface area (Å²) in [7, 11) is 0. The molecule has 3 rings (SSSR count). The first-order valence-corrected chi connectivity index (χ1v) is 7.96. The number of rotatable bonds is 5. The monoisotopic (exact) mass is 274 g/mol. The number of ether oxygens (including phenoxy) is 1. The van der Waals surface area contributed by atoms with Crippen molar-refractivity contribution in [1.82, 2.24) is 0 Å². The zero-order valence-electron chi connectivity index (χ0n) is 12.6. The van der Waals surface area contributed by atoms with Crippen LogP contribution in [0.5, 0.6) is 5.75 Å². The fraction of sp³-hybridized carbons (Fsp3) is 0.647. The lowest BCUT2D eigenvalue weighted by molar-refractivity contribution is 0.304. The molecule has 2 bridgehead atoms. The third-order valence-electron chi connectivity index (χ3n) is 5.14. The van der Waals surface area contributed by atoms with Crippen molar-refractivity contribution in [2.75, 3.05) is 17.7 Å². The van der Waals surface area contributed by atoms with Crippen LogP contribution < -0.4 is 15.8 Å². The van der Waals surface area contributed by atoms with Gasteiger partial charge in [0.25, 0.3) is 0 Å². The van der Waals surface area contributed by atoms with Gasteiger partial charge in [-0.1, -0.05) is 6.42 Å². The summed E-state index contributed by atoms with van der Waals surface area (Å²) >= 11 is 0. The number of anilines is 2. The van der Waals surface area contributed by atoms with Crippen LogP contribution in [-0.2, 0) is 0 Å². The van der Waals surface area contributed by atoms with E-state index in [0.29, 0.717) is 18.3 Å². The van der Waals surface area contributed by atoms with Crippen LogP contribution in [0.4, 0.5) is 11.4 Å². The molecule has 0 radical (unpaired) electrons. The lowest BCUT2D eigenvalue weighted by atomic mass is 9.84. The van der Waals surface area contributed by atoms with Gasteiger partial charge in [-0.25, -0.2) is 0 Å². The Labute approximate surface area is 121 Å². The predicted molar refractivity (Wildman–Crippen MR) is 84.0 cm³/mol. The first kappa shape index (κ1) is 13.6. The number of hydrogen-bond acceptors (Lipinski definition) is 3. The standard InChI is InChI=1S/C17H26N2O/c1-3-20-17-10-14(6-7-16(17)18)19-11(2)15-9-12-4-5-13(15)8-12/h6-7,10-13,15,19H,3-5,8-9,18H2,1-2H3. The number of nitrogens with one attached hydrogen (secondary N) is 1. The van der Waals surface area contributed by atoms with Crippen molar-refractivity contribution < 1.29 is 4.74 Å². The van der Waals surface area contributed by atoms with Gasteiger partial charge < -0.3 is 15.8 Å². The second kappa shape index (κ2) is 5.55. The van der Waals surface area contributed by atoms with Gasteiger partial charge in [0.05, 0.1) is 12.3 Å². The fourth-order valence-electron chi connectivity index (χ4n) is 4.18. The van der Waals surface area contributed by atoms with E-state index in [1.807, 2.05) is 19.1 Å². The van der Waals surface area contributed by atoms with E-state index in [9.17, 15) is 0 Å². The first-order chi connectivity index (χ1) is 9.67. The Balaban J connectivity index is 1.66. The van der Waals surface area contributed by atoms with Gasteiger partial charge in [-0.15, -0.1) is 0 Å². The largest absolute Gasteiger partial charge is 0.492 e. The molecule has 0 amide bonds. The molecule has 4 atom stereocenters. The zero-order valence-corrected chi connectivity index (χ0v) is 12.6. The highest BCUT2D eigenvalue weighted by molar-refractivity contribution is 5.61. The van der Waals surface area contributed by atoms with Crippen LogP contribution in [0.2, 0.25) is 0 Å². The maximum atomic E-state index is 5.93. The van der Waals surface area contributed by atoms with Gasteiger partial charge in [0.1, 0.15) is 5.75 Å². The van der Waals surface area contributed by atoms with Crippen molar-refractivity contribution in [3.05, 3.63) is 18.2 Å². The number of hydrogen-bond donors (Lipinski definition) is 2. The summed E-state index contributed by atoms with van der Waals surface area (Å²) in [5.74, 6) is 3.57. The minimum absolute atomic E-state index is 0.531. The molecule has 3 heteroatoms. The van der Waals surface area contributed by atoms with E-state index in [0.717, 1.165) is 29.2 Å². The molecule has 4 unspecified atom stereocenters. The summed E-state index contributed by atoms with van der Waals surface area (Å²) in [6, 6.07) is 6.55. The Hall–Kier alpha value is -1.38. The molecule has 20 heavy (non-hydrogen) atoms. The van der Waals surface area contributed by atoms with Crippen LogP contribution in [0.3, 0.4) is 0 Å². The van der Waals surface area contributed by atoms with Crippen LogP contribution in [-0.4, -0.2) is 12.6 Å². The molecule has 1 aromatic carbocycles. The molecule has 2 aliphatic carbocycles. The van der Waals surface area contributed by atoms with Gasteiger partial charge in [0, 0.05) is 17.8 Å². The van der Waals surface area contributed by atoms with Gasteiger partial charge in [-0.3, -0.25) is 0 Å². The van der Waals surface area contributed by atoms with Crippen LogP contribution >= 0.6 is 0 Å². The van der Waals surface area contributed by atoms with E-state index in [-0.39, 0.29) is 0 Å². The molecule has 3 N–H and O–H groups in total. The zero-order chi connectivity index (χ0) is 14.1. The van der Waals surface area contributed by atoms with Gasteiger partial charge in [-0.2, -0.15) is 0 Å². The normalized spacial score (nSPS) is 29.4. The van der Waals surface area contributed by atoms with Crippen molar-refractivity contribution in [2.24, 2.45) is 17.8 Å². The summed E-state index contributed by atoms with van der Waals surface area (Å²) in [6.07, 6.45) is 5.77. The van der Waals surface area contributed by atoms with E-state index in [1.54, 1.807) is 0 Å². The Morgan fingerprint density at radius 2 is 2.20 bits per heavy atom. The van der Waals surface area contributed by atoms with Crippen molar-refractivity contribution in [1.29, 1.82) is 0 Å². The Kier molecular flexibility index (Phi) is 3.77. The Morgan fingerprint density at radius 3 is 2.85 bits per heavy atom.